The molecule has 2 heteroatoms. The average molecular weight is 368 g/mol. The Kier molecular flexibility index (Phi) is 9.62. The van der Waals surface area contributed by atoms with Crippen molar-refractivity contribution in [3.63, 3.8) is 0 Å². The second-order valence-corrected chi connectivity index (χ2v) is 15.6. The summed E-state index contributed by atoms with van der Waals surface area (Å²) in [5, 5.41) is 0. The molecule has 19 heavy (non-hydrogen) atoms. The van der Waals surface area contributed by atoms with Gasteiger partial charge < -0.3 is 0 Å². The second kappa shape index (κ2) is 10.3. The van der Waals surface area contributed by atoms with Crippen LogP contribution in [0.5, 0.6) is 0 Å². The van der Waals surface area contributed by atoms with Crippen molar-refractivity contribution in [2.45, 2.75) is 91.1 Å². The number of unbranched alkanes of at least 4 members (excludes halogenated alkanes) is 1. The van der Waals surface area contributed by atoms with Gasteiger partial charge in [-0.3, -0.25) is 0 Å². The first-order valence-corrected chi connectivity index (χ1v) is 17.1. The van der Waals surface area contributed by atoms with Gasteiger partial charge in [0.2, 0.25) is 0 Å². The van der Waals surface area contributed by atoms with Gasteiger partial charge in [0.25, 0.3) is 0 Å². The van der Waals surface area contributed by atoms with Crippen LogP contribution in [-0.4, -0.2) is 26.5 Å². The fourth-order valence-corrected chi connectivity index (χ4v) is 3.74. The third-order valence-electron chi connectivity index (χ3n) is 4.54. The normalized spacial score (nSPS) is 26.5. The monoisotopic (exact) mass is 369 g/mol. The van der Waals surface area contributed by atoms with Crippen molar-refractivity contribution in [2.24, 2.45) is 0 Å². The summed E-state index contributed by atoms with van der Waals surface area (Å²) < 4.78 is 0. The summed E-state index contributed by atoms with van der Waals surface area (Å²) in [5.74, 6) is 2.17. The predicted octanol–water partition coefficient (Wildman–Crippen LogP) is 6.32. The van der Waals surface area contributed by atoms with E-state index in [1.807, 2.05) is 0 Å². The molecule has 0 aromatic heterocycles. The maximum atomic E-state index is 2.48. The number of fused-ring (bicyclic) bond motifs is 2. The Hall–Kier alpha value is 0.604. The van der Waals surface area contributed by atoms with E-state index in [-0.39, 0.29) is 0 Å². The van der Waals surface area contributed by atoms with E-state index in [1.165, 1.54) is 57.7 Å². The minimum absolute atomic E-state index is 0.543. The Bertz CT molecular complexity index is 225. The van der Waals surface area contributed by atoms with Gasteiger partial charge in [-0.15, -0.1) is 0 Å². The Morgan fingerprint density at radius 1 is 0.947 bits per heavy atom. The van der Waals surface area contributed by atoms with Gasteiger partial charge in [-0.05, 0) is 6.42 Å². The quantitative estimate of drug-likeness (QED) is 0.403. The van der Waals surface area contributed by atoms with Crippen molar-refractivity contribution < 1.29 is 0 Å². The molecule has 1 radical (unpaired) electrons. The molecule has 0 aromatic rings. The van der Waals surface area contributed by atoms with E-state index in [4.69, 9.17) is 0 Å². The van der Waals surface area contributed by atoms with Crippen LogP contribution in [0.25, 0.3) is 0 Å². The molecule has 0 aliphatic carbocycles. The van der Waals surface area contributed by atoms with E-state index >= 15 is 0 Å². The number of hydrogen-bond donors (Lipinski definition) is 0. The van der Waals surface area contributed by atoms with Gasteiger partial charge in [0, 0.05) is 0 Å². The molecule has 0 atom stereocenters. The average Bonchev–Trinajstić information content (AvgIpc) is 2.33. The molecule has 109 valence electrons. The summed E-state index contributed by atoms with van der Waals surface area (Å²) in [6.45, 7) is 3.32. The van der Waals surface area contributed by atoms with Crippen molar-refractivity contribution in [2.75, 3.05) is 0 Å². The minimum atomic E-state index is -0.543. The molecule has 2 bridgehead atoms. The van der Waals surface area contributed by atoms with Crippen LogP contribution in [0.15, 0.2) is 12.2 Å². The molecule has 0 unspecified atom stereocenters. The summed E-state index contributed by atoms with van der Waals surface area (Å²) in [7, 11) is 0. The van der Waals surface area contributed by atoms with Gasteiger partial charge >= 0.3 is 34.6 Å². The van der Waals surface area contributed by atoms with Crippen LogP contribution in [0.2, 0.25) is 32.8 Å². The maximum absolute atomic E-state index is 2.48. The third-order valence-corrected chi connectivity index (χ3v) is 4.54. The SMILES string of the molecule is CCC/C=C/CB1C2CCCC1CCC2.[CH3][Sn]([CH3])[CH3]. The van der Waals surface area contributed by atoms with Crippen LogP contribution in [-0.2, 0) is 0 Å². The molecule has 0 amide bonds. The van der Waals surface area contributed by atoms with E-state index in [0.29, 0.717) is 0 Å². The molecule has 2 heterocycles. The molecular weight excluding hydrogens is 334 g/mol. The van der Waals surface area contributed by atoms with Crippen LogP contribution in [0.4, 0.5) is 0 Å². The third kappa shape index (κ3) is 7.25. The van der Waals surface area contributed by atoms with Crippen molar-refractivity contribution in [3.05, 3.63) is 12.2 Å². The van der Waals surface area contributed by atoms with E-state index in [2.05, 4.69) is 33.9 Å². The molecule has 2 rings (SSSR count). The van der Waals surface area contributed by atoms with Crippen LogP contribution >= 0.6 is 0 Å². The van der Waals surface area contributed by atoms with Gasteiger partial charge in [0.05, 0.1) is 0 Å². The number of hydrogen-bond acceptors (Lipinski definition) is 0. The molecule has 0 saturated carbocycles. The van der Waals surface area contributed by atoms with Gasteiger partial charge in [-0.2, -0.15) is 0 Å². The number of rotatable bonds is 4. The summed E-state index contributed by atoms with van der Waals surface area (Å²) in [6, 6.07) is 0. The van der Waals surface area contributed by atoms with Crippen LogP contribution in [0, 0.1) is 0 Å². The molecule has 0 spiro atoms. The fraction of sp³-hybridized carbons (Fsp3) is 0.882. The standard InChI is InChI=1S/C14H25B.3CH3.Sn/c1-2-3-4-5-12-15-13-8-6-9-14(15)11-7-10-13;;;;/h4-5,13-14H,2-3,6-12H2,1H3;3*1H3;/b5-4+;;;;. The first-order chi connectivity index (χ1) is 9.15. The Labute approximate surface area is 129 Å². The molecule has 0 nitrogen and oxygen atoms in total. The zero-order valence-corrected chi connectivity index (χ0v) is 16.6. The Morgan fingerprint density at radius 3 is 1.84 bits per heavy atom. The molecule has 2 fully saturated rings. The van der Waals surface area contributed by atoms with Crippen LogP contribution in [0.3, 0.4) is 0 Å². The zero-order valence-electron chi connectivity index (χ0n) is 13.8. The molecule has 2 saturated heterocycles. The Morgan fingerprint density at radius 2 is 1.42 bits per heavy atom. The number of allylic oxidation sites excluding steroid dienone is 2. The van der Waals surface area contributed by atoms with Crippen molar-refractivity contribution in [1.82, 2.24) is 0 Å². The molecule has 2 aliphatic heterocycles. The van der Waals surface area contributed by atoms with E-state index < -0.39 is 19.8 Å². The summed E-state index contributed by atoms with van der Waals surface area (Å²) in [4.78, 5) is 7.09. The first kappa shape index (κ1) is 17.7. The van der Waals surface area contributed by atoms with E-state index in [0.717, 1.165) is 18.3 Å². The van der Waals surface area contributed by atoms with Crippen molar-refractivity contribution in [1.29, 1.82) is 0 Å². The van der Waals surface area contributed by atoms with Crippen molar-refractivity contribution >= 4 is 26.5 Å². The molecular formula is C17H34BSn. The topological polar surface area (TPSA) is 0 Å². The van der Waals surface area contributed by atoms with Gasteiger partial charge in [-0.1, -0.05) is 82.0 Å². The van der Waals surface area contributed by atoms with Crippen LogP contribution in [0.1, 0.15) is 58.3 Å². The van der Waals surface area contributed by atoms with Crippen LogP contribution < -0.4 is 0 Å². The zero-order chi connectivity index (χ0) is 14.1. The van der Waals surface area contributed by atoms with E-state index in [9.17, 15) is 0 Å². The molecule has 0 aromatic carbocycles. The first-order valence-electron chi connectivity index (χ1n) is 8.56. The second-order valence-electron chi connectivity index (χ2n) is 7.04. The van der Waals surface area contributed by atoms with Gasteiger partial charge in [-0.25, -0.2) is 0 Å². The Balaban J connectivity index is 0.000000399. The summed E-state index contributed by atoms with van der Waals surface area (Å²) >= 11 is -0.543. The molecule has 2 aliphatic rings. The summed E-state index contributed by atoms with van der Waals surface area (Å²) in [6.07, 6.45) is 18.0. The predicted molar refractivity (Wildman–Crippen MR) is 93.2 cm³/mol. The molecule has 0 N–H and O–H groups in total. The fourth-order valence-electron chi connectivity index (χ4n) is 3.74. The van der Waals surface area contributed by atoms with Crippen molar-refractivity contribution in [3.8, 4) is 0 Å². The van der Waals surface area contributed by atoms with E-state index in [1.54, 1.807) is 0 Å². The van der Waals surface area contributed by atoms with Gasteiger partial charge in [0.1, 0.15) is 6.71 Å². The van der Waals surface area contributed by atoms with Gasteiger partial charge in [0.15, 0.2) is 0 Å². The summed E-state index contributed by atoms with van der Waals surface area (Å²) in [5.41, 5.74) is 0.